The summed E-state index contributed by atoms with van der Waals surface area (Å²) in [6.07, 6.45) is 0. The average Bonchev–Trinajstić information content (AvgIpc) is 1.38. The first-order chi connectivity index (χ1) is 2.27. The van der Waals surface area contributed by atoms with Gasteiger partial charge < -0.3 is 4.79 Å². The summed E-state index contributed by atoms with van der Waals surface area (Å²) in [5.41, 5.74) is 0. The van der Waals surface area contributed by atoms with E-state index in [4.69, 9.17) is 6.57 Å². The second-order valence-corrected chi connectivity index (χ2v) is 0.631. The van der Waals surface area contributed by atoms with Crippen LogP contribution in [0.5, 0.6) is 0 Å². The van der Waals surface area contributed by atoms with Crippen LogP contribution in [0, 0.1) is 6.57 Å². The molecule has 0 atom stereocenters. The Balaban J connectivity index is 3.35. The Morgan fingerprint density at radius 2 is 2.20 bits per heavy atom. The third-order valence-corrected chi connectivity index (χ3v) is 0.157. The molecule has 2 heteroatoms. The maximum absolute atomic E-state index is 9.46. The van der Waals surface area contributed by atoms with Gasteiger partial charge in [0.25, 0.3) is 0 Å². The van der Waals surface area contributed by atoms with Gasteiger partial charge in [-0.25, -0.2) is 0 Å². The van der Waals surface area contributed by atoms with E-state index in [1.165, 1.54) is 6.92 Å². The van der Waals surface area contributed by atoms with Crippen LogP contribution in [0.25, 0.3) is 4.85 Å². The molecule has 0 saturated heterocycles. The fourth-order valence-corrected chi connectivity index (χ4v) is 0. The van der Waals surface area contributed by atoms with Crippen molar-refractivity contribution < 1.29 is 4.79 Å². The fourth-order valence-electron chi connectivity index (χ4n) is 0. The minimum absolute atomic E-state index is 0.454. The zero-order valence-electron chi connectivity index (χ0n) is 2.86. The molecule has 0 aliphatic carbocycles. The largest absolute Gasteiger partial charge is 0.352 e. The van der Waals surface area contributed by atoms with Crippen molar-refractivity contribution in [3.05, 3.63) is 11.4 Å². The van der Waals surface area contributed by atoms with Gasteiger partial charge in [-0.05, 0) is 0 Å². The van der Waals surface area contributed by atoms with Gasteiger partial charge in [0.05, 0.1) is 6.57 Å². The van der Waals surface area contributed by atoms with Gasteiger partial charge in [-0.3, -0.25) is 0 Å². The molecule has 0 radical (unpaired) electrons. The van der Waals surface area contributed by atoms with Crippen LogP contribution in [0.3, 0.4) is 0 Å². The highest BCUT2D eigenvalue weighted by molar-refractivity contribution is 5.82. The van der Waals surface area contributed by atoms with E-state index in [1.807, 2.05) is 0 Å². The van der Waals surface area contributed by atoms with E-state index in [0.29, 0.717) is 0 Å². The van der Waals surface area contributed by atoms with Crippen molar-refractivity contribution in [2.45, 2.75) is 6.92 Å². The molecule has 0 rings (SSSR count). The van der Waals surface area contributed by atoms with Crippen molar-refractivity contribution in [2.75, 3.05) is 0 Å². The molecule has 0 aromatic rings. The van der Waals surface area contributed by atoms with E-state index < -0.39 is 5.91 Å². The zero-order chi connectivity index (χ0) is 4.28. The number of nitrogens with zero attached hydrogens (tertiary/aromatic N) is 1. The molecule has 0 fully saturated rings. The average molecular weight is 69.1 g/mol. The van der Waals surface area contributed by atoms with Crippen LogP contribution < -0.4 is 0 Å². The molecule has 0 aromatic carbocycles. The van der Waals surface area contributed by atoms with Gasteiger partial charge in [0, 0.05) is 6.92 Å². The molecule has 26 valence electrons. The molecular weight excluding hydrogens is 66.0 g/mol. The number of carbonyl (C=O) groups excluding carboxylic acids is 1. The molecule has 0 aliphatic heterocycles. The highest BCUT2D eigenvalue weighted by Gasteiger charge is 1.75. The summed E-state index contributed by atoms with van der Waals surface area (Å²) < 4.78 is 0. The molecule has 0 spiro atoms. The van der Waals surface area contributed by atoms with Crippen LogP contribution in [0.2, 0.25) is 0 Å². The van der Waals surface area contributed by atoms with Crippen molar-refractivity contribution in [1.29, 1.82) is 0 Å². The standard InChI is InChI=1S/C3H3NO/c1-3(5)4-2/h1H3. The van der Waals surface area contributed by atoms with Crippen molar-refractivity contribution >= 4 is 5.91 Å². The number of rotatable bonds is 0. The summed E-state index contributed by atoms with van der Waals surface area (Å²) in [4.78, 5) is 12.0. The summed E-state index contributed by atoms with van der Waals surface area (Å²) in [6, 6.07) is 0. The van der Waals surface area contributed by atoms with Gasteiger partial charge in [0.15, 0.2) is 0 Å². The molecule has 5 heavy (non-hydrogen) atoms. The van der Waals surface area contributed by atoms with E-state index in [2.05, 4.69) is 4.85 Å². The van der Waals surface area contributed by atoms with Crippen LogP contribution in [-0.4, -0.2) is 5.91 Å². The predicted molar refractivity (Wildman–Crippen MR) is 17.3 cm³/mol. The quantitative estimate of drug-likeness (QED) is 0.378. The van der Waals surface area contributed by atoms with Crippen LogP contribution in [0.1, 0.15) is 6.92 Å². The van der Waals surface area contributed by atoms with Crippen molar-refractivity contribution in [2.24, 2.45) is 0 Å². The Bertz CT molecular complexity index is 79.4. The lowest BCUT2D eigenvalue weighted by atomic mass is 10.8. The second-order valence-electron chi connectivity index (χ2n) is 0.631. The topological polar surface area (TPSA) is 21.4 Å². The minimum Gasteiger partial charge on any atom is -0.316 e. The summed E-state index contributed by atoms with van der Waals surface area (Å²) >= 11 is 0. The van der Waals surface area contributed by atoms with Crippen molar-refractivity contribution in [3.63, 3.8) is 0 Å². The van der Waals surface area contributed by atoms with Crippen LogP contribution in [0.15, 0.2) is 0 Å². The number of carbonyl (C=O) groups is 1. The second kappa shape index (κ2) is 1.48. The van der Waals surface area contributed by atoms with Gasteiger partial charge in [-0.1, -0.05) is 0 Å². The Hall–Kier alpha value is -0.840. The first kappa shape index (κ1) is 4.16. The van der Waals surface area contributed by atoms with Gasteiger partial charge in [0.2, 0.25) is 0 Å². The molecule has 0 unspecified atom stereocenters. The Morgan fingerprint density at radius 1 is 2.00 bits per heavy atom. The summed E-state index contributed by atoms with van der Waals surface area (Å²) in [7, 11) is 0. The Morgan fingerprint density at radius 3 is 2.20 bits per heavy atom. The van der Waals surface area contributed by atoms with E-state index in [1.54, 1.807) is 0 Å². The summed E-state index contributed by atoms with van der Waals surface area (Å²) in [5, 5.41) is 0. The van der Waals surface area contributed by atoms with Gasteiger partial charge in [-0.15, -0.1) is 0 Å². The summed E-state index contributed by atoms with van der Waals surface area (Å²) in [6.45, 7) is 7.16. The molecule has 0 aromatic heterocycles. The number of hydrogen-bond acceptors (Lipinski definition) is 1. The molecule has 0 bridgehead atoms. The maximum atomic E-state index is 9.46. The molecule has 0 heterocycles. The van der Waals surface area contributed by atoms with Crippen LogP contribution >= 0.6 is 0 Å². The van der Waals surface area contributed by atoms with E-state index in [9.17, 15) is 4.79 Å². The third-order valence-electron chi connectivity index (χ3n) is 0.157. The molecular formula is C3H3NO. The SMILES string of the molecule is [C-]#[N+]C(C)=O. The lowest BCUT2D eigenvalue weighted by Crippen LogP contribution is -1.70. The van der Waals surface area contributed by atoms with Crippen molar-refractivity contribution in [1.82, 2.24) is 0 Å². The monoisotopic (exact) mass is 69.0 g/mol. The normalized spacial score (nSPS) is 5.60. The van der Waals surface area contributed by atoms with Crippen LogP contribution in [-0.2, 0) is 4.79 Å². The fraction of sp³-hybridized carbons (Fsp3) is 0.333. The highest BCUT2D eigenvalue weighted by atomic mass is 16.1. The first-order valence-electron chi connectivity index (χ1n) is 1.15. The van der Waals surface area contributed by atoms with Gasteiger partial charge >= 0.3 is 5.91 Å². The van der Waals surface area contributed by atoms with E-state index in [-0.39, 0.29) is 0 Å². The number of hydrogen-bond donors (Lipinski definition) is 0. The molecule has 0 saturated carbocycles. The lowest BCUT2D eigenvalue weighted by molar-refractivity contribution is -0.112. The highest BCUT2D eigenvalue weighted by Crippen LogP contribution is 1.61. The lowest BCUT2D eigenvalue weighted by Gasteiger charge is -1.55. The Kier molecular flexibility index (Phi) is 1.23. The van der Waals surface area contributed by atoms with E-state index in [0.717, 1.165) is 0 Å². The van der Waals surface area contributed by atoms with Gasteiger partial charge in [0.1, 0.15) is 0 Å². The van der Waals surface area contributed by atoms with E-state index >= 15 is 0 Å². The molecule has 2 nitrogen and oxygen atoms in total. The van der Waals surface area contributed by atoms with Crippen molar-refractivity contribution in [3.8, 4) is 0 Å². The maximum Gasteiger partial charge on any atom is 0.352 e. The third kappa shape index (κ3) is 3.16. The van der Waals surface area contributed by atoms with Crippen LogP contribution in [0.4, 0.5) is 0 Å². The van der Waals surface area contributed by atoms with Gasteiger partial charge in [-0.2, -0.15) is 4.85 Å². The Labute approximate surface area is 30.2 Å². The minimum atomic E-state index is -0.454. The smallest absolute Gasteiger partial charge is 0.316 e. The summed E-state index contributed by atoms with van der Waals surface area (Å²) in [5.74, 6) is -0.454. The first-order valence-corrected chi connectivity index (χ1v) is 1.15. The molecule has 1 amide bonds. The molecule has 0 N–H and O–H groups in total. The molecule has 0 aliphatic rings. The zero-order valence-corrected chi connectivity index (χ0v) is 2.86. The predicted octanol–water partition coefficient (Wildman–Crippen LogP) is 0.452. The number of amides is 1.